The first-order chi connectivity index (χ1) is 12.1. The number of benzene rings is 1. The predicted molar refractivity (Wildman–Crippen MR) is 98.4 cm³/mol. The molecule has 1 atom stereocenters. The smallest absolute Gasteiger partial charge is 0.245 e. The summed E-state index contributed by atoms with van der Waals surface area (Å²) in [5.41, 5.74) is 0. The predicted octanol–water partition coefficient (Wildman–Crippen LogP) is 3.00. The van der Waals surface area contributed by atoms with Crippen LogP contribution in [0.5, 0.6) is 5.75 Å². The van der Waals surface area contributed by atoms with Crippen molar-refractivity contribution in [3.8, 4) is 5.75 Å². The average Bonchev–Trinajstić information content (AvgIpc) is 3.12. The maximum Gasteiger partial charge on any atom is 0.245 e. The molecule has 0 saturated carbocycles. The summed E-state index contributed by atoms with van der Waals surface area (Å²) in [7, 11) is 0. The molecule has 1 heterocycles. The molecule has 1 N–H and O–H groups in total. The summed E-state index contributed by atoms with van der Waals surface area (Å²) in [6.07, 6.45) is 3.80. The lowest BCUT2D eigenvalue weighted by Crippen LogP contribution is -2.48. The van der Waals surface area contributed by atoms with Gasteiger partial charge in [0, 0.05) is 19.5 Å². The van der Waals surface area contributed by atoms with Gasteiger partial charge < -0.3 is 15.0 Å². The van der Waals surface area contributed by atoms with Crippen molar-refractivity contribution in [2.75, 3.05) is 19.7 Å². The van der Waals surface area contributed by atoms with E-state index in [2.05, 4.69) is 19.2 Å². The minimum atomic E-state index is -0.402. The molecule has 1 aliphatic heterocycles. The Hall–Kier alpha value is -2.04. The van der Waals surface area contributed by atoms with Crippen molar-refractivity contribution < 1.29 is 14.3 Å². The fraction of sp³-hybridized carbons (Fsp3) is 0.600. The number of nitrogens with zero attached hydrogens (tertiary/aromatic N) is 1. The van der Waals surface area contributed by atoms with Crippen molar-refractivity contribution in [1.82, 2.24) is 10.2 Å². The molecular formula is C20H30N2O3. The standard InChI is InChI=1S/C20H30N2O3/c1-16(2)15-18(20(24)22-12-6-7-13-22)21-19(23)11-8-14-25-17-9-4-3-5-10-17/h3-5,9-10,16,18H,6-8,11-15H2,1-2H3,(H,21,23)/t18-/m1/s1. The van der Waals surface area contributed by atoms with Gasteiger partial charge in [-0.25, -0.2) is 0 Å². The lowest BCUT2D eigenvalue weighted by atomic mass is 10.0. The van der Waals surface area contributed by atoms with Crippen LogP contribution < -0.4 is 10.1 Å². The molecule has 0 spiro atoms. The number of carbonyl (C=O) groups excluding carboxylic acids is 2. The zero-order valence-corrected chi connectivity index (χ0v) is 15.4. The maximum absolute atomic E-state index is 12.6. The van der Waals surface area contributed by atoms with Gasteiger partial charge in [0.1, 0.15) is 11.8 Å². The third-order valence-electron chi connectivity index (χ3n) is 4.32. The monoisotopic (exact) mass is 346 g/mol. The zero-order chi connectivity index (χ0) is 18.1. The number of likely N-dealkylation sites (tertiary alicyclic amines) is 1. The third-order valence-corrected chi connectivity index (χ3v) is 4.32. The molecule has 1 aromatic carbocycles. The van der Waals surface area contributed by atoms with E-state index in [0.29, 0.717) is 31.8 Å². The van der Waals surface area contributed by atoms with E-state index in [0.717, 1.165) is 31.7 Å². The molecule has 0 radical (unpaired) electrons. The van der Waals surface area contributed by atoms with Gasteiger partial charge in [0.15, 0.2) is 0 Å². The fourth-order valence-corrected chi connectivity index (χ4v) is 3.06. The number of carbonyl (C=O) groups is 2. The van der Waals surface area contributed by atoms with Crippen LogP contribution in [0.1, 0.15) is 46.0 Å². The highest BCUT2D eigenvalue weighted by Gasteiger charge is 2.28. The molecule has 0 unspecified atom stereocenters. The lowest BCUT2D eigenvalue weighted by Gasteiger charge is -2.25. The molecule has 5 nitrogen and oxygen atoms in total. The summed E-state index contributed by atoms with van der Waals surface area (Å²) in [4.78, 5) is 26.7. The van der Waals surface area contributed by atoms with Crippen molar-refractivity contribution in [2.24, 2.45) is 5.92 Å². The fourth-order valence-electron chi connectivity index (χ4n) is 3.06. The van der Waals surface area contributed by atoms with Crippen LogP contribution in [0.4, 0.5) is 0 Å². The van der Waals surface area contributed by atoms with Gasteiger partial charge in [-0.2, -0.15) is 0 Å². The summed E-state index contributed by atoms with van der Waals surface area (Å²) in [6.45, 7) is 6.27. The molecule has 1 saturated heterocycles. The van der Waals surface area contributed by atoms with E-state index in [9.17, 15) is 9.59 Å². The van der Waals surface area contributed by atoms with Gasteiger partial charge in [-0.3, -0.25) is 9.59 Å². The first kappa shape index (κ1) is 19.3. The molecule has 5 heteroatoms. The molecule has 1 aromatic rings. The van der Waals surface area contributed by atoms with Gasteiger partial charge in [0.05, 0.1) is 6.61 Å². The SMILES string of the molecule is CC(C)C[C@@H](NC(=O)CCCOc1ccccc1)C(=O)N1CCCC1. The number of hydrogen-bond donors (Lipinski definition) is 1. The average molecular weight is 346 g/mol. The molecule has 0 aromatic heterocycles. The second-order valence-corrected chi connectivity index (χ2v) is 7.05. The van der Waals surface area contributed by atoms with Crippen LogP contribution in [0.2, 0.25) is 0 Å². The van der Waals surface area contributed by atoms with Crippen molar-refractivity contribution in [3.05, 3.63) is 30.3 Å². The first-order valence-electron chi connectivity index (χ1n) is 9.32. The molecule has 1 fully saturated rings. The normalized spacial score (nSPS) is 15.2. The summed E-state index contributed by atoms with van der Waals surface area (Å²) >= 11 is 0. The van der Waals surface area contributed by atoms with Crippen molar-refractivity contribution in [3.63, 3.8) is 0 Å². The number of hydrogen-bond acceptors (Lipinski definition) is 3. The van der Waals surface area contributed by atoms with E-state index in [1.807, 2.05) is 35.2 Å². The highest BCUT2D eigenvalue weighted by molar-refractivity contribution is 5.87. The highest BCUT2D eigenvalue weighted by Crippen LogP contribution is 2.14. The van der Waals surface area contributed by atoms with Crippen molar-refractivity contribution in [2.45, 2.75) is 52.0 Å². The van der Waals surface area contributed by atoms with E-state index in [4.69, 9.17) is 4.74 Å². The van der Waals surface area contributed by atoms with E-state index < -0.39 is 6.04 Å². The van der Waals surface area contributed by atoms with Crippen molar-refractivity contribution >= 4 is 11.8 Å². The zero-order valence-electron chi connectivity index (χ0n) is 15.4. The maximum atomic E-state index is 12.6. The summed E-state index contributed by atoms with van der Waals surface area (Å²) in [6, 6.07) is 9.17. The Morgan fingerprint density at radius 2 is 1.84 bits per heavy atom. The Balaban J connectivity index is 1.75. The van der Waals surface area contributed by atoms with Gasteiger partial charge >= 0.3 is 0 Å². The van der Waals surface area contributed by atoms with Crippen LogP contribution in [0.3, 0.4) is 0 Å². The number of nitrogens with one attached hydrogen (secondary N) is 1. The Labute approximate surface area is 150 Å². The molecule has 2 rings (SSSR count). The van der Waals surface area contributed by atoms with Gasteiger partial charge in [-0.15, -0.1) is 0 Å². The molecule has 138 valence electrons. The molecule has 0 bridgehead atoms. The Bertz CT molecular complexity index is 539. The summed E-state index contributed by atoms with van der Waals surface area (Å²) < 4.78 is 5.60. The quantitative estimate of drug-likeness (QED) is 0.699. The Kier molecular flexibility index (Phi) is 7.76. The van der Waals surface area contributed by atoms with E-state index in [1.165, 1.54) is 0 Å². The summed E-state index contributed by atoms with van der Waals surface area (Å²) in [5.74, 6) is 1.16. The minimum Gasteiger partial charge on any atom is -0.494 e. The molecule has 0 aliphatic carbocycles. The topological polar surface area (TPSA) is 58.6 Å². The van der Waals surface area contributed by atoms with Crippen LogP contribution in [-0.2, 0) is 9.59 Å². The van der Waals surface area contributed by atoms with Crippen LogP contribution >= 0.6 is 0 Å². The molecular weight excluding hydrogens is 316 g/mol. The van der Waals surface area contributed by atoms with E-state index in [1.54, 1.807) is 0 Å². The minimum absolute atomic E-state index is 0.0695. The van der Waals surface area contributed by atoms with Crippen LogP contribution in [0.25, 0.3) is 0 Å². The van der Waals surface area contributed by atoms with Gasteiger partial charge in [-0.1, -0.05) is 32.0 Å². The third kappa shape index (κ3) is 6.77. The van der Waals surface area contributed by atoms with Crippen LogP contribution in [0.15, 0.2) is 30.3 Å². The number of rotatable bonds is 9. The molecule has 1 aliphatic rings. The van der Waals surface area contributed by atoms with Gasteiger partial charge in [0.25, 0.3) is 0 Å². The van der Waals surface area contributed by atoms with Gasteiger partial charge in [0.2, 0.25) is 11.8 Å². The highest BCUT2D eigenvalue weighted by atomic mass is 16.5. The molecule has 2 amide bonds. The Morgan fingerprint density at radius 3 is 2.48 bits per heavy atom. The number of para-hydroxylation sites is 1. The van der Waals surface area contributed by atoms with Crippen LogP contribution in [-0.4, -0.2) is 42.5 Å². The van der Waals surface area contributed by atoms with Crippen LogP contribution in [0, 0.1) is 5.92 Å². The number of ether oxygens (including phenoxy) is 1. The second-order valence-electron chi connectivity index (χ2n) is 7.05. The van der Waals surface area contributed by atoms with Gasteiger partial charge in [-0.05, 0) is 43.7 Å². The number of amides is 2. The lowest BCUT2D eigenvalue weighted by molar-refractivity contribution is -0.136. The largest absolute Gasteiger partial charge is 0.494 e. The molecule has 25 heavy (non-hydrogen) atoms. The summed E-state index contributed by atoms with van der Waals surface area (Å²) in [5, 5.41) is 2.94. The first-order valence-corrected chi connectivity index (χ1v) is 9.32. The Morgan fingerprint density at radius 1 is 1.16 bits per heavy atom. The van der Waals surface area contributed by atoms with Crippen molar-refractivity contribution in [1.29, 1.82) is 0 Å². The van der Waals surface area contributed by atoms with E-state index in [-0.39, 0.29) is 11.8 Å². The van der Waals surface area contributed by atoms with E-state index >= 15 is 0 Å². The second kappa shape index (κ2) is 10.1.